The van der Waals surface area contributed by atoms with Crippen LogP contribution >= 0.6 is 11.8 Å². The van der Waals surface area contributed by atoms with E-state index in [9.17, 15) is 4.79 Å². The molecule has 1 aromatic heterocycles. The molecule has 0 radical (unpaired) electrons. The largest absolute Gasteiger partial charge is 0.440 e. The summed E-state index contributed by atoms with van der Waals surface area (Å²) < 4.78 is 5.12. The van der Waals surface area contributed by atoms with E-state index in [1.54, 1.807) is 6.26 Å². The lowest BCUT2D eigenvalue weighted by atomic mass is 10.3. The molecule has 6 heteroatoms. The number of hydrazine groups is 1. The molecule has 0 aliphatic carbocycles. The molecule has 0 aromatic carbocycles. The zero-order valence-corrected chi connectivity index (χ0v) is 8.76. The Labute approximate surface area is 86.4 Å². The number of amides is 1. The van der Waals surface area contributed by atoms with E-state index in [1.807, 2.05) is 6.92 Å². The minimum atomic E-state index is -0.144. The molecule has 78 valence electrons. The summed E-state index contributed by atoms with van der Waals surface area (Å²) in [6.45, 7) is 1.87. The summed E-state index contributed by atoms with van der Waals surface area (Å²) in [4.78, 5) is 14.9. The first kappa shape index (κ1) is 11.1. The summed E-state index contributed by atoms with van der Waals surface area (Å²) >= 11 is 1.50. The molecule has 1 rings (SSSR count). The van der Waals surface area contributed by atoms with Crippen LogP contribution in [0, 0.1) is 6.92 Å². The van der Waals surface area contributed by atoms with Gasteiger partial charge in [-0.15, -0.1) is 0 Å². The van der Waals surface area contributed by atoms with Gasteiger partial charge in [-0.25, -0.2) is 10.8 Å². The number of nitrogens with two attached hydrogens (primary N) is 1. The maximum absolute atomic E-state index is 10.7. The highest BCUT2D eigenvalue weighted by Crippen LogP contribution is 2.17. The van der Waals surface area contributed by atoms with E-state index in [4.69, 9.17) is 10.3 Å². The van der Waals surface area contributed by atoms with Crippen molar-refractivity contribution in [1.82, 2.24) is 10.4 Å². The first-order valence-electron chi connectivity index (χ1n) is 4.26. The summed E-state index contributed by atoms with van der Waals surface area (Å²) in [5, 5.41) is 0.649. The number of rotatable bonds is 5. The number of aryl methyl sites for hydroxylation is 1. The molecule has 0 fully saturated rings. The van der Waals surface area contributed by atoms with Gasteiger partial charge in [-0.05, 0) is 13.3 Å². The number of hydrogen-bond donors (Lipinski definition) is 2. The van der Waals surface area contributed by atoms with Crippen molar-refractivity contribution in [2.75, 3.05) is 5.75 Å². The van der Waals surface area contributed by atoms with Gasteiger partial charge in [-0.3, -0.25) is 10.2 Å². The lowest BCUT2D eigenvalue weighted by molar-refractivity contribution is -0.121. The predicted molar refractivity (Wildman–Crippen MR) is 53.5 cm³/mol. The maximum Gasteiger partial charge on any atom is 0.255 e. The Kier molecular flexibility index (Phi) is 4.48. The van der Waals surface area contributed by atoms with Gasteiger partial charge in [0.15, 0.2) is 0 Å². The summed E-state index contributed by atoms with van der Waals surface area (Å²) in [6.07, 6.45) is 2.80. The van der Waals surface area contributed by atoms with E-state index in [2.05, 4.69) is 10.4 Å². The number of thioether (sulfide) groups is 1. The fraction of sp³-hybridized carbons (Fsp3) is 0.500. The van der Waals surface area contributed by atoms with Gasteiger partial charge < -0.3 is 4.42 Å². The van der Waals surface area contributed by atoms with E-state index in [1.165, 1.54) is 11.8 Å². The van der Waals surface area contributed by atoms with Crippen LogP contribution in [0.5, 0.6) is 0 Å². The van der Waals surface area contributed by atoms with Gasteiger partial charge in [0, 0.05) is 12.2 Å². The average molecular weight is 215 g/mol. The number of nitrogens with one attached hydrogen (secondary N) is 1. The van der Waals surface area contributed by atoms with Gasteiger partial charge in [-0.2, -0.15) is 0 Å². The maximum atomic E-state index is 10.7. The highest BCUT2D eigenvalue weighted by molar-refractivity contribution is 7.99. The van der Waals surface area contributed by atoms with E-state index in [0.29, 0.717) is 11.6 Å². The van der Waals surface area contributed by atoms with Gasteiger partial charge in [0.05, 0.1) is 5.69 Å². The van der Waals surface area contributed by atoms with Gasteiger partial charge >= 0.3 is 0 Å². The molecule has 1 heterocycles. The number of oxazole rings is 1. The van der Waals surface area contributed by atoms with Crippen molar-refractivity contribution in [3.63, 3.8) is 0 Å². The van der Waals surface area contributed by atoms with Gasteiger partial charge in [-0.1, -0.05) is 11.8 Å². The van der Waals surface area contributed by atoms with Crippen LogP contribution in [0.1, 0.15) is 18.5 Å². The average Bonchev–Trinajstić information content (AvgIpc) is 2.58. The molecule has 0 saturated heterocycles. The van der Waals surface area contributed by atoms with Crippen molar-refractivity contribution < 1.29 is 9.21 Å². The number of carbonyl (C=O) groups is 1. The van der Waals surface area contributed by atoms with Gasteiger partial charge in [0.1, 0.15) is 6.26 Å². The monoisotopic (exact) mass is 215 g/mol. The molecule has 14 heavy (non-hydrogen) atoms. The van der Waals surface area contributed by atoms with E-state index in [0.717, 1.165) is 17.9 Å². The smallest absolute Gasteiger partial charge is 0.255 e. The fourth-order valence-electron chi connectivity index (χ4n) is 0.863. The Morgan fingerprint density at radius 3 is 3.14 bits per heavy atom. The summed E-state index contributed by atoms with van der Waals surface area (Å²) in [5.41, 5.74) is 2.95. The van der Waals surface area contributed by atoms with Gasteiger partial charge in [0.25, 0.3) is 5.22 Å². The molecule has 0 saturated carbocycles. The molecule has 0 aliphatic heterocycles. The van der Waals surface area contributed by atoms with Crippen molar-refractivity contribution in [3.05, 3.63) is 12.0 Å². The number of hydrogen-bond acceptors (Lipinski definition) is 5. The van der Waals surface area contributed by atoms with Crippen LogP contribution < -0.4 is 11.3 Å². The Morgan fingerprint density at radius 2 is 2.57 bits per heavy atom. The molecule has 3 N–H and O–H groups in total. The van der Waals surface area contributed by atoms with Crippen molar-refractivity contribution in [2.24, 2.45) is 5.84 Å². The lowest BCUT2D eigenvalue weighted by Gasteiger charge is -1.97. The van der Waals surface area contributed by atoms with Crippen LogP contribution in [-0.2, 0) is 4.79 Å². The molecular weight excluding hydrogens is 202 g/mol. The first-order valence-corrected chi connectivity index (χ1v) is 5.25. The molecule has 0 aliphatic rings. The second kappa shape index (κ2) is 5.66. The molecule has 0 bridgehead atoms. The predicted octanol–water partition coefficient (Wildman–Crippen LogP) is 0.845. The normalized spacial score (nSPS) is 10.1. The lowest BCUT2D eigenvalue weighted by Crippen LogP contribution is -2.29. The fourth-order valence-corrected chi connectivity index (χ4v) is 1.65. The number of aromatic nitrogens is 1. The Hall–Kier alpha value is -1.01. The molecule has 0 spiro atoms. The molecular formula is C8H13N3O2S. The highest BCUT2D eigenvalue weighted by atomic mass is 32.2. The first-order chi connectivity index (χ1) is 6.72. The zero-order chi connectivity index (χ0) is 10.4. The van der Waals surface area contributed by atoms with E-state index in [-0.39, 0.29) is 5.91 Å². The summed E-state index contributed by atoms with van der Waals surface area (Å²) in [5.74, 6) is 5.59. The quantitative estimate of drug-likeness (QED) is 0.250. The van der Waals surface area contributed by atoms with Crippen molar-refractivity contribution in [1.29, 1.82) is 0 Å². The van der Waals surface area contributed by atoms with Crippen LogP contribution in [0.4, 0.5) is 0 Å². The second-order valence-electron chi connectivity index (χ2n) is 2.77. The van der Waals surface area contributed by atoms with Gasteiger partial charge in [0.2, 0.25) is 5.91 Å². The molecule has 5 nitrogen and oxygen atoms in total. The minimum Gasteiger partial charge on any atom is -0.440 e. The summed E-state index contributed by atoms with van der Waals surface area (Å²) in [7, 11) is 0. The van der Waals surface area contributed by atoms with Crippen LogP contribution in [0.2, 0.25) is 0 Å². The molecule has 1 amide bonds. The summed E-state index contributed by atoms with van der Waals surface area (Å²) in [6, 6.07) is 0. The topological polar surface area (TPSA) is 81.2 Å². The second-order valence-corrected chi connectivity index (χ2v) is 3.82. The standard InChI is InChI=1S/C8H13N3O2S/c1-6-5-13-8(10-6)14-4-2-3-7(12)11-9/h5H,2-4,9H2,1H3,(H,11,12). The van der Waals surface area contributed by atoms with Crippen molar-refractivity contribution >= 4 is 17.7 Å². The SMILES string of the molecule is Cc1coc(SCCCC(=O)NN)n1. The Morgan fingerprint density at radius 1 is 1.79 bits per heavy atom. The third kappa shape index (κ3) is 3.80. The van der Waals surface area contributed by atoms with Crippen LogP contribution in [0.15, 0.2) is 15.9 Å². The number of nitrogens with zero attached hydrogens (tertiary/aromatic N) is 1. The zero-order valence-electron chi connectivity index (χ0n) is 7.95. The van der Waals surface area contributed by atoms with E-state index < -0.39 is 0 Å². The minimum absolute atomic E-state index is 0.144. The Balaban J connectivity index is 2.13. The molecule has 0 unspecified atom stereocenters. The number of carbonyl (C=O) groups excluding carboxylic acids is 1. The van der Waals surface area contributed by atoms with Crippen LogP contribution in [0.3, 0.4) is 0 Å². The van der Waals surface area contributed by atoms with Crippen LogP contribution in [-0.4, -0.2) is 16.6 Å². The third-order valence-corrected chi connectivity index (χ3v) is 2.46. The molecule has 1 aromatic rings. The van der Waals surface area contributed by atoms with E-state index >= 15 is 0 Å². The van der Waals surface area contributed by atoms with Crippen LogP contribution in [0.25, 0.3) is 0 Å². The highest BCUT2D eigenvalue weighted by Gasteiger charge is 2.02. The molecule has 0 atom stereocenters. The van der Waals surface area contributed by atoms with Crippen molar-refractivity contribution in [3.8, 4) is 0 Å². The Bertz CT molecular complexity index is 301. The van der Waals surface area contributed by atoms with Crippen molar-refractivity contribution in [2.45, 2.75) is 25.0 Å². The third-order valence-electron chi connectivity index (χ3n) is 1.53.